The number of benzene rings is 1. The summed E-state index contributed by atoms with van der Waals surface area (Å²) < 4.78 is 5.21. The van der Waals surface area contributed by atoms with Gasteiger partial charge in [-0.2, -0.15) is 10.2 Å². The first-order valence-corrected chi connectivity index (χ1v) is 7.16. The second kappa shape index (κ2) is 5.06. The Balaban J connectivity index is 1.61. The van der Waals surface area contributed by atoms with Gasteiger partial charge in [0, 0.05) is 4.90 Å². The third kappa shape index (κ3) is 2.79. The van der Waals surface area contributed by atoms with Crippen LogP contribution in [0.15, 0.2) is 33.7 Å². The van der Waals surface area contributed by atoms with Crippen molar-refractivity contribution in [3.05, 3.63) is 41.5 Å². The van der Waals surface area contributed by atoms with E-state index in [0.29, 0.717) is 17.5 Å². The number of aryl methyl sites for hydroxylation is 1. The number of nitrogens with zero attached hydrogens (tertiary/aromatic N) is 3. The third-order valence-corrected chi connectivity index (χ3v) is 4.10. The molecule has 1 saturated carbocycles. The number of thioether (sulfide) groups is 1. The lowest BCUT2D eigenvalue weighted by molar-refractivity contribution is 0.373. The zero-order chi connectivity index (χ0) is 13.2. The van der Waals surface area contributed by atoms with Crippen LogP contribution < -0.4 is 0 Å². The van der Waals surface area contributed by atoms with Gasteiger partial charge in [-0.1, -0.05) is 22.9 Å². The van der Waals surface area contributed by atoms with Crippen molar-refractivity contribution < 1.29 is 4.52 Å². The van der Waals surface area contributed by atoms with Gasteiger partial charge in [0.1, 0.15) is 0 Å². The molecule has 0 amide bonds. The van der Waals surface area contributed by atoms with Gasteiger partial charge in [0.15, 0.2) is 5.82 Å². The van der Waals surface area contributed by atoms with Crippen molar-refractivity contribution in [2.24, 2.45) is 5.92 Å². The minimum Gasteiger partial charge on any atom is -0.339 e. The molecule has 3 rings (SSSR count). The quantitative estimate of drug-likeness (QED) is 0.798. The SMILES string of the molecule is Cc1cccc(SCc2noc(C3CC3C#N)n2)c1. The number of hydrogen-bond acceptors (Lipinski definition) is 5. The van der Waals surface area contributed by atoms with Crippen molar-refractivity contribution >= 4 is 11.8 Å². The molecule has 1 aromatic carbocycles. The highest BCUT2D eigenvalue weighted by Crippen LogP contribution is 2.46. The molecule has 0 bridgehead atoms. The normalized spacial score (nSPS) is 21.1. The molecule has 96 valence electrons. The van der Waals surface area contributed by atoms with E-state index in [1.807, 2.05) is 6.07 Å². The van der Waals surface area contributed by atoms with Crippen LogP contribution in [0.2, 0.25) is 0 Å². The lowest BCUT2D eigenvalue weighted by Gasteiger charge is -1.99. The first kappa shape index (κ1) is 12.2. The first-order valence-electron chi connectivity index (χ1n) is 6.18. The maximum atomic E-state index is 8.78. The van der Waals surface area contributed by atoms with Crippen LogP contribution in [0.1, 0.15) is 29.6 Å². The Kier molecular flexibility index (Phi) is 3.26. The predicted molar refractivity (Wildman–Crippen MR) is 71.5 cm³/mol. The molecule has 5 heteroatoms. The van der Waals surface area contributed by atoms with Gasteiger partial charge in [0.05, 0.1) is 23.7 Å². The van der Waals surface area contributed by atoms with Crippen LogP contribution in [-0.2, 0) is 5.75 Å². The molecule has 0 N–H and O–H groups in total. The second-order valence-corrected chi connectivity index (χ2v) is 5.78. The molecular formula is C14H13N3OS. The van der Waals surface area contributed by atoms with Gasteiger partial charge in [-0.15, -0.1) is 11.8 Å². The molecule has 1 aliphatic rings. The Bertz CT molecular complexity index is 632. The number of nitriles is 1. The van der Waals surface area contributed by atoms with E-state index in [9.17, 15) is 0 Å². The summed E-state index contributed by atoms with van der Waals surface area (Å²) in [7, 11) is 0. The minimum absolute atomic E-state index is 0.0673. The molecule has 1 fully saturated rings. The van der Waals surface area contributed by atoms with Gasteiger partial charge in [0.2, 0.25) is 5.89 Å². The maximum Gasteiger partial charge on any atom is 0.231 e. The highest BCUT2D eigenvalue weighted by atomic mass is 32.2. The molecular weight excluding hydrogens is 258 g/mol. The van der Waals surface area contributed by atoms with Crippen molar-refractivity contribution in [1.82, 2.24) is 10.1 Å². The maximum absolute atomic E-state index is 8.78. The largest absolute Gasteiger partial charge is 0.339 e. The summed E-state index contributed by atoms with van der Waals surface area (Å²) in [4.78, 5) is 5.56. The Morgan fingerprint density at radius 1 is 1.53 bits per heavy atom. The molecule has 0 saturated heterocycles. The van der Waals surface area contributed by atoms with E-state index in [4.69, 9.17) is 9.78 Å². The van der Waals surface area contributed by atoms with Gasteiger partial charge in [-0.25, -0.2) is 0 Å². The summed E-state index contributed by atoms with van der Waals surface area (Å²) >= 11 is 1.69. The van der Waals surface area contributed by atoms with E-state index in [2.05, 4.69) is 41.3 Å². The average molecular weight is 271 g/mol. The van der Waals surface area contributed by atoms with Gasteiger partial charge in [-0.3, -0.25) is 0 Å². The van der Waals surface area contributed by atoms with Gasteiger partial charge in [-0.05, 0) is 25.5 Å². The van der Waals surface area contributed by atoms with Crippen LogP contribution in [0.3, 0.4) is 0 Å². The predicted octanol–water partition coefficient (Wildman–Crippen LogP) is 3.30. The molecule has 1 heterocycles. The van der Waals surface area contributed by atoms with Crippen molar-refractivity contribution in [2.45, 2.75) is 29.9 Å². The monoisotopic (exact) mass is 271 g/mol. The van der Waals surface area contributed by atoms with E-state index >= 15 is 0 Å². The Morgan fingerprint density at radius 3 is 3.16 bits per heavy atom. The summed E-state index contributed by atoms with van der Waals surface area (Å²) in [6.45, 7) is 2.08. The fourth-order valence-corrected chi connectivity index (χ4v) is 2.80. The summed E-state index contributed by atoms with van der Waals surface area (Å²) in [6, 6.07) is 10.6. The molecule has 1 aromatic heterocycles. The fourth-order valence-electron chi connectivity index (χ4n) is 1.94. The standard InChI is InChI=1S/C14H13N3OS/c1-9-3-2-4-11(5-9)19-8-13-16-14(18-17-13)12-6-10(12)7-15/h2-5,10,12H,6,8H2,1H3. The molecule has 4 nitrogen and oxygen atoms in total. The highest BCUT2D eigenvalue weighted by molar-refractivity contribution is 7.98. The summed E-state index contributed by atoms with van der Waals surface area (Å²) in [5.74, 6) is 2.24. The Hall–Kier alpha value is -1.80. The van der Waals surface area contributed by atoms with Crippen LogP contribution in [-0.4, -0.2) is 10.1 Å². The summed E-state index contributed by atoms with van der Waals surface area (Å²) in [6.07, 6.45) is 0.850. The number of hydrogen-bond donors (Lipinski definition) is 0. The van der Waals surface area contributed by atoms with Crippen molar-refractivity contribution in [3.63, 3.8) is 0 Å². The van der Waals surface area contributed by atoms with Gasteiger partial charge < -0.3 is 4.52 Å². The Morgan fingerprint density at radius 2 is 2.42 bits per heavy atom. The molecule has 2 atom stereocenters. The second-order valence-electron chi connectivity index (χ2n) is 4.73. The third-order valence-electron chi connectivity index (χ3n) is 3.11. The molecule has 0 radical (unpaired) electrons. The van der Waals surface area contributed by atoms with Gasteiger partial charge >= 0.3 is 0 Å². The minimum atomic E-state index is 0.0673. The zero-order valence-electron chi connectivity index (χ0n) is 10.5. The average Bonchev–Trinajstić information content (AvgIpc) is 3.06. The molecule has 1 aliphatic carbocycles. The van der Waals surface area contributed by atoms with E-state index in [1.54, 1.807) is 11.8 Å². The van der Waals surface area contributed by atoms with Crippen molar-refractivity contribution in [1.29, 1.82) is 5.26 Å². The molecule has 2 unspecified atom stereocenters. The molecule has 0 aliphatic heterocycles. The van der Waals surface area contributed by atoms with Crippen LogP contribution in [0.25, 0.3) is 0 Å². The lowest BCUT2D eigenvalue weighted by atomic mass is 10.2. The molecule has 0 spiro atoms. The van der Waals surface area contributed by atoms with E-state index in [-0.39, 0.29) is 11.8 Å². The number of rotatable bonds is 4. The molecule has 2 aromatic rings. The summed E-state index contributed by atoms with van der Waals surface area (Å²) in [5, 5.41) is 12.7. The zero-order valence-corrected chi connectivity index (χ0v) is 11.4. The lowest BCUT2D eigenvalue weighted by Crippen LogP contribution is -1.86. The fraction of sp³-hybridized carbons (Fsp3) is 0.357. The van der Waals surface area contributed by atoms with Crippen LogP contribution in [0.4, 0.5) is 0 Å². The van der Waals surface area contributed by atoms with Crippen LogP contribution >= 0.6 is 11.8 Å². The Labute approximate surface area is 115 Å². The first-order chi connectivity index (χ1) is 9.26. The topological polar surface area (TPSA) is 62.7 Å². The smallest absolute Gasteiger partial charge is 0.231 e. The van der Waals surface area contributed by atoms with Crippen LogP contribution in [0, 0.1) is 24.2 Å². The van der Waals surface area contributed by atoms with E-state index in [1.165, 1.54) is 10.5 Å². The van der Waals surface area contributed by atoms with Crippen molar-refractivity contribution in [3.8, 4) is 6.07 Å². The van der Waals surface area contributed by atoms with Crippen LogP contribution in [0.5, 0.6) is 0 Å². The highest BCUT2D eigenvalue weighted by Gasteiger charge is 2.43. The molecule has 19 heavy (non-hydrogen) atoms. The number of aromatic nitrogens is 2. The summed E-state index contributed by atoms with van der Waals surface area (Å²) in [5.41, 5.74) is 1.24. The van der Waals surface area contributed by atoms with Crippen molar-refractivity contribution in [2.75, 3.05) is 0 Å². The van der Waals surface area contributed by atoms with E-state index < -0.39 is 0 Å². The van der Waals surface area contributed by atoms with Gasteiger partial charge in [0.25, 0.3) is 0 Å². The van der Waals surface area contributed by atoms with E-state index in [0.717, 1.165) is 6.42 Å².